The second kappa shape index (κ2) is 5.35. The number of rotatable bonds is 4. The largest absolute Gasteiger partial charge is 0.497 e. The molecule has 18 heavy (non-hydrogen) atoms. The molecule has 4 nitrogen and oxygen atoms in total. The Morgan fingerprint density at radius 3 is 2.78 bits per heavy atom. The van der Waals surface area contributed by atoms with Crippen molar-refractivity contribution in [1.82, 2.24) is 4.98 Å². The Hall–Kier alpha value is -2.30. The molecule has 0 amide bonds. The molecule has 0 fully saturated rings. The van der Waals surface area contributed by atoms with E-state index < -0.39 is 0 Å². The Bertz CT molecular complexity index is 546. The number of nitrogen functional groups attached to an aromatic ring is 1. The molecule has 0 bridgehead atoms. The van der Waals surface area contributed by atoms with Crippen molar-refractivity contribution in [2.45, 2.75) is 6.61 Å². The van der Waals surface area contributed by atoms with Gasteiger partial charge in [-0.15, -0.1) is 0 Å². The van der Waals surface area contributed by atoms with Crippen LogP contribution in [-0.4, -0.2) is 12.1 Å². The minimum Gasteiger partial charge on any atom is -0.497 e. The predicted molar refractivity (Wildman–Crippen MR) is 65.9 cm³/mol. The number of hydrogen-bond donors (Lipinski definition) is 1. The van der Waals surface area contributed by atoms with Gasteiger partial charge in [0, 0.05) is 17.8 Å². The van der Waals surface area contributed by atoms with Gasteiger partial charge in [0.25, 0.3) is 0 Å². The summed E-state index contributed by atoms with van der Waals surface area (Å²) in [6.07, 6.45) is 2.69. The zero-order valence-corrected chi connectivity index (χ0v) is 9.89. The van der Waals surface area contributed by atoms with Crippen molar-refractivity contribution in [1.29, 1.82) is 0 Å². The van der Waals surface area contributed by atoms with Crippen LogP contribution >= 0.6 is 0 Å². The van der Waals surface area contributed by atoms with E-state index in [1.165, 1.54) is 6.07 Å². The number of methoxy groups -OCH3 is 1. The summed E-state index contributed by atoms with van der Waals surface area (Å²) in [5.41, 5.74) is 6.91. The average molecular weight is 248 g/mol. The van der Waals surface area contributed by atoms with Gasteiger partial charge in [0.2, 0.25) is 0 Å². The molecule has 0 unspecified atom stereocenters. The summed E-state index contributed by atoms with van der Waals surface area (Å²) in [4.78, 5) is 3.74. The van der Waals surface area contributed by atoms with Gasteiger partial charge in [-0.05, 0) is 18.2 Å². The standard InChI is InChI=1S/C13H13FN2O2/c1-17-11-2-3-13(12(15)5-11)18-8-9-4-10(14)7-16-6-9/h2-7H,8,15H2,1H3. The monoisotopic (exact) mass is 248 g/mol. The van der Waals surface area contributed by atoms with Gasteiger partial charge in [-0.3, -0.25) is 4.98 Å². The number of pyridine rings is 1. The second-order valence-corrected chi connectivity index (χ2v) is 3.70. The van der Waals surface area contributed by atoms with Crippen LogP contribution in [0.3, 0.4) is 0 Å². The highest BCUT2D eigenvalue weighted by molar-refractivity contribution is 5.56. The fourth-order valence-corrected chi connectivity index (χ4v) is 1.48. The maximum atomic E-state index is 12.9. The number of aromatic nitrogens is 1. The molecule has 0 atom stereocenters. The lowest BCUT2D eigenvalue weighted by molar-refractivity contribution is 0.306. The molecule has 0 radical (unpaired) electrons. The van der Waals surface area contributed by atoms with Crippen LogP contribution in [0.5, 0.6) is 11.5 Å². The number of ether oxygens (including phenoxy) is 2. The molecule has 0 spiro atoms. The molecule has 1 aromatic carbocycles. The number of hydrogen-bond acceptors (Lipinski definition) is 4. The Balaban J connectivity index is 2.06. The number of halogens is 1. The molecule has 94 valence electrons. The molecule has 2 rings (SSSR count). The fraction of sp³-hybridized carbons (Fsp3) is 0.154. The molecular formula is C13H13FN2O2. The van der Waals surface area contributed by atoms with E-state index >= 15 is 0 Å². The third-order valence-electron chi connectivity index (χ3n) is 2.37. The van der Waals surface area contributed by atoms with Gasteiger partial charge >= 0.3 is 0 Å². The minimum atomic E-state index is -0.390. The van der Waals surface area contributed by atoms with Gasteiger partial charge in [-0.1, -0.05) is 0 Å². The van der Waals surface area contributed by atoms with Gasteiger partial charge in [-0.25, -0.2) is 4.39 Å². The van der Waals surface area contributed by atoms with E-state index in [9.17, 15) is 4.39 Å². The molecule has 2 aromatic rings. The van der Waals surface area contributed by atoms with Crippen molar-refractivity contribution in [2.75, 3.05) is 12.8 Å². The van der Waals surface area contributed by atoms with Crippen LogP contribution in [0.2, 0.25) is 0 Å². The summed E-state index contributed by atoms with van der Waals surface area (Å²) in [5.74, 6) is 0.797. The first-order valence-electron chi connectivity index (χ1n) is 5.35. The molecule has 0 saturated heterocycles. The topological polar surface area (TPSA) is 57.4 Å². The van der Waals surface area contributed by atoms with Gasteiger partial charge in [0.1, 0.15) is 23.9 Å². The number of benzene rings is 1. The highest BCUT2D eigenvalue weighted by Gasteiger charge is 2.03. The van der Waals surface area contributed by atoms with Crippen LogP contribution in [0.4, 0.5) is 10.1 Å². The lowest BCUT2D eigenvalue weighted by Gasteiger charge is -2.10. The van der Waals surface area contributed by atoms with Crippen LogP contribution in [-0.2, 0) is 6.61 Å². The Kier molecular flexibility index (Phi) is 3.62. The summed E-state index contributed by atoms with van der Waals surface area (Å²) < 4.78 is 23.4. The summed E-state index contributed by atoms with van der Waals surface area (Å²) in [7, 11) is 1.56. The van der Waals surface area contributed by atoms with E-state index in [-0.39, 0.29) is 12.4 Å². The van der Waals surface area contributed by atoms with E-state index in [1.807, 2.05) is 0 Å². The highest BCUT2D eigenvalue weighted by atomic mass is 19.1. The van der Waals surface area contributed by atoms with Crippen molar-refractivity contribution < 1.29 is 13.9 Å². The second-order valence-electron chi connectivity index (χ2n) is 3.70. The summed E-state index contributed by atoms with van der Waals surface area (Å²) in [6, 6.07) is 6.49. The molecule has 0 saturated carbocycles. The molecule has 5 heteroatoms. The highest BCUT2D eigenvalue weighted by Crippen LogP contribution is 2.26. The van der Waals surface area contributed by atoms with Gasteiger partial charge in [-0.2, -0.15) is 0 Å². The van der Waals surface area contributed by atoms with Crippen LogP contribution in [0, 0.1) is 5.82 Å². The number of anilines is 1. The fourth-order valence-electron chi connectivity index (χ4n) is 1.48. The first-order valence-corrected chi connectivity index (χ1v) is 5.35. The van der Waals surface area contributed by atoms with Crippen LogP contribution in [0.1, 0.15) is 5.56 Å². The summed E-state index contributed by atoms with van der Waals surface area (Å²) >= 11 is 0. The molecule has 0 aliphatic heterocycles. The Morgan fingerprint density at radius 2 is 2.11 bits per heavy atom. The molecule has 1 aromatic heterocycles. The Morgan fingerprint density at radius 1 is 1.28 bits per heavy atom. The van der Waals surface area contributed by atoms with Crippen molar-refractivity contribution in [3.8, 4) is 11.5 Å². The van der Waals surface area contributed by atoms with Crippen LogP contribution in [0.25, 0.3) is 0 Å². The van der Waals surface area contributed by atoms with Gasteiger partial charge < -0.3 is 15.2 Å². The smallest absolute Gasteiger partial charge is 0.142 e. The molecular weight excluding hydrogens is 235 g/mol. The van der Waals surface area contributed by atoms with Crippen molar-refractivity contribution in [3.63, 3.8) is 0 Å². The predicted octanol–water partition coefficient (Wildman–Crippen LogP) is 2.39. The molecule has 1 heterocycles. The van der Waals surface area contributed by atoms with Crippen molar-refractivity contribution in [3.05, 3.63) is 48.0 Å². The molecule has 2 N–H and O–H groups in total. The maximum absolute atomic E-state index is 12.9. The van der Waals surface area contributed by atoms with E-state index in [0.29, 0.717) is 22.7 Å². The quantitative estimate of drug-likeness (QED) is 0.844. The molecule has 0 aliphatic carbocycles. The van der Waals surface area contributed by atoms with E-state index in [1.54, 1.807) is 31.5 Å². The third-order valence-corrected chi connectivity index (χ3v) is 2.37. The van der Waals surface area contributed by atoms with Gasteiger partial charge in [0.15, 0.2) is 0 Å². The zero-order valence-electron chi connectivity index (χ0n) is 9.89. The normalized spacial score (nSPS) is 10.1. The number of nitrogens with zero attached hydrogens (tertiary/aromatic N) is 1. The summed E-state index contributed by atoms with van der Waals surface area (Å²) in [5, 5.41) is 0. The summed E-state index contributed by atoms with van der Waals surface area (Å²) in [6.45, 7) is 0.210. The maximum Gasteiger partial charge on any atom is 0.142 e. The van der Waals surface area contributed by atoms with Crippen molar-refractivity contribution >= 4 is 5.69 Å². The van der Waals surface area contributed by atoms with Crippen LogP contribution < -0.4 is 15.2 Å². The van der Waals surface area contributed by atoms with E-state index in [2.05, 4.69) is 4.98 Å². The SMILES string of the molecule is COc1ccc(OCc2cncc(F)c2)c(N)c1. The minimum absolute atomic E-state index is 0.210. The lowest BCUT2D eigenvalue weighted by Crippen LogP contribution is -2.00. The molecule has 0 aliphatic rings. The number of nitrogens with two attached hydrogens (primary N) is 1. The average Bonchev–Trinajstić information content (AvgIpc) is 2.37. The van der Waals surface area contributed by atoms with Crippen molar-refractivity contribution in [2.24, 2.45) is 0 Å². The third kappa shape index (κ3) is 2.88. The van der Waals surface area contributed by atoms with E-state index in [4.69, 9.17) is 15.2 Å². The van der Waals surface area contributed by atoms with Gasteiger partial charge in [0.05, 0.1) is 19.0 Å². The van der Waals surface area contributed by atoms with E-state index in [0.717, 1.165) is 6.20 Å². The lowest BCUT2D eigenvalue weighted by atomic mass is 10.2. The first-order chi connectivity index (χ1) is 8.69. The zero-order chi connectivity index (χ0) is 13.0. The first kappa shape index (κ1) is 12.2. The van der Waals surface area contributed by atoms with Crippen LogP contribution in [0.15, 0.2) is 36.7 Å². The Labute approximate surface area is 104 Å².